The molecule has 0 bridgehead atoms. The predicted octanol–water partition coefficient (Wildman–Crippen LogP) is 3.35. The Labute approximate surface area is 125 Å². The van der Waals surface area contributed by atoms with Crippen molar-refractivity contribution >= 4 is 15.9 Å². The first-order valence-electron chi connectivity index (χ1n) is 6.38. The van der Waals surface area contributed by atoms with Crippen molar-refractivity contribution in [2.24, 2.45) is 7.05 Å². The van der Waals surface area contributed by atoms with Gasteiger partial charge in [-0.3, -0.25) is 4.68 Å². The lowest BCUT2D eigenvalue weighted by molar-refractivity contribution is 0.475. The third-order valence-electron chi connectivity index (χ3n) is 3.21. The molecule has 3 nitrogen and oxygen atoms in total. The number of aromatic nitrogens is 2. The van der Waals surface area contributed by atoms with Crippen LogP contribution in [-0.4, -0.2) is 16.3 Å². The minimum absolute atomic E-state index is 0.0755. The van der Waals surface area contributed by atoms with E-state index in [9.17, 15) is 8.78 Å². The summed E-state index contributed by atoms with van der Waals surface area (Å²) in [5.41, 5.74) is 0.970. The molecule has 0 saturated carbocycles. The van der Waals surface area contributed by atoms with E-state index in [1.165, 1.54) is 12.1 Å². The van der Waals surface area contributed by atoms with Crippen molar-refractivity contribution in [3.63, 3.8) is 0 Å². The predicted molar refractivity (Wildman–Crippen MR) is 77.4 cm³/mol. The van der Waals surface area contributed by atoms with Gasteiger partial charge in [0.2, 0.25) is 0 Å². The molecule has 0 saturated heterocycles. The van der Waals surface area contributed by atoms with Crippen molar-refractivity contribution in [3.8, 4) is 0 Å². The largest absolute Gasteiger partial charge is 0.309 e. The van der Waals surface area contributed by atoms with Crippen LogP contribution in [0.5, 0.6) is 0 Å². The highest BCUT2D eigenvalue weighted by molar-refractivity contribution is 9.10. The Morgan fingerprint density at radius 3 is 2.70 bits per heavy atom. The van der Waals surface area contributed by atoms with Crippen molar-refractivity contribution in [3.05, 3.63) is 51.8 Å². The normalized spacial score (nSPS) is 12.7. The van der Waals surface area contributed by atoms with Crippen LogP contribution in [0.15, 0.2) is 28.9 Å². The van der Waals surface area contributed by atoms with Gasteiger partial charge in [-0.15, -0.1) is 0 Å². The van der Waals surface area contributed by atoms with Gasteiger partial charge in [0.1, 0.15) is 11.6 Å². The molecule has 20 heavy (non-hydrogen) atoms. The molecule has 1 aromatic carbocycles. The highest BCUT2D eigenvalue weighted by Crippen LogP contribution is 2.26. The highest BCUT2D eigenvalue weighted by Gasteiger charge is 2.20. The number of likely N-dealkylation sites (N-methyl/N-ethyl adjacent to an activating group) is 1. The van der Waals surface area contributed by atoms with Crippen LogP contribution in [0.1, 0.15) is 24.2 Å². The van der Waals surface area contributed by atoms with Gasteiger partial charge >= 0.3 is 0 Å². The van der Waals surface area contributed by atoms with Gasteiger partial charge in [0.25, 0.3) is 0 Å². The van der Waals surface area contributed by atoms with E-state index in [1.807, 2.05) is 20.0 Å². The molecule has 2 rings (SSSR count). The van der Waals surface area contributed by atoms with Crippen molar-refractivity contribution in [2.45, 2.75) is 19.4 Å². The quantitative estimate of drug-likeness (QED) is 0.843. The van der Waals surface area contributed by atoms with Crippen LogP contribution in [0.2, 0.25) is 0 Å². The second-order valence-electron chi connectivity index (χ2n) is 4.52. The van der Waals surface area contributed by atoms with Gasteiger partial charge in [-0.1, -0.05) is 6.92 Å². The summed E-state index contributed by atoms with van der Waals surface area (Å²) in [6.45, 7) is 2.66. The Hall–Kier alpha value is -1.27. The summed E-state index contributed by atoms with van der Waals surface area (Å²) in [4.78, 5) is 0. The van der Waals surface area contributed by atoms with Crippen LogP contribution in [0.25, 0.3) is 0 Å². The first-order chi connectivity index (χ1) is 9.54. The Morgan fingerprint density at radius 1 is 1.35 bits per heavy atom. The molecule has 1 unspecified atom stereocenters. The molecule has 1 aromatic heterocycles. The monoisotopic (exact) mass is 343 g/mol. The van der Waals surface area contributed by atoms with E-state index in [0.717, 1.165) is 5.69 Å². The maximum atomic E-state index is 14.1. The molecule has 6 heteroatoms. The van der Waals surface area contributed by atoms with E-state index in [-0.39, 0.29) is 22.5 Å². The average Bonchev–Trinajstić information content (AvgIpc) is 2.84. The number of nitrogens with zero attached hydrogens (tertiary/aromatic N) is 2. The SMILES string of the molecule is CCNC(Cc1c(F)ccc(Br)c1F)c1ccnn1C. The summed E-state index contributed by atoms with van der Waals surface area (Å²) in [5, 5.41) is 7.34. The van der Waals surface area contributed by atoms with Crippen molar-refractivity contribution in [1.82, 2.24) is 15.1 Å². The highest BCUT2D eigenvalue weighted by atomic mass is 79.9. The average molecular weight is 344 g/mol. The van der Waals surface area contributed by atoms with Gasteiger partial charge in [-0.25, -0.2) is 8.78 Å². The van der Waals surface area contributed by atoms with E-state index < -0.39 is 11.6 Å². The lowest BCUT2D eigenvalue weighted by Gasteiger charge is -2.19. The minimum Gasteiger partial charge on any atom is -0.309 e. The zero-order valence-electron chi connectivity index (χ0n) is 11.3. The molecule has 0 radical (unpaired) electrons. The van der Waals surface area contributed by atoms with Gasteiger partial charge in [-0.05, 0) is 47.1 Å². The van der Waals surface area contributed by atoms with Crippen LogP contribution >= 0.6 is 15.9 Å². The van der Waals surface area contributed by atoms with E-state index in [2.05, 4.69) is 26.3 Å². The van der Waals surface area contributed by atoms with Crippen LogP contribution in [0, 0.1) is 11.6 Å². The molecule has 0 aliphatic rings. The van der Waals surface area contributed by atoms with E-state index in [0.29, 0.717) is 6.54 Å². The van der Waals surface area contributed by atoms with Gasteiger partial charge in [0, 0.05) is 18.8 Å². The molecule has 108 valence electrons. The lowest BCUT2D eigenvalue weighted by atomic mass is 10.0. The third-order valence-corrected chi connectivity index (χ3v) is 3.83. The maximum Gasteiger partial charge on any atom is 0.143 e. The fourth-order valence-electron chi connectivity index (χ4n) is 2.21. The van der Waals surface area contributed by atoms with Gasteiger partial charge in [0.05, 0.1) is 16.2 Å². The lowest BCUT2D eigenvalue weighted by Crippen LogP contribution is -2.26. The van der Waals surface area contributed by atoms with E-state index in [4.69, 9.17) is 0 Å². The number of benzene rings is 1. The summed E-state index contributed by atoms with van der Waals surface area (Å²) < 4.78 is 29.9. The molecule has 0 spiro atoms. The first-order valence-corrected chi connectivity index (χ1v) is 7.17. The Kier molecular flexibility index (Phi) is 4.88. The van der Waals surface area contributed by atoms with Gasteiger partial charge in [0.15, 0.2) is 0 Å². The standard InChI is InChI=1S/C14H16BrF2N3/c1-3-18-12(13-6-7-19-20(13)2)8-9-11(16)5-4-10(15)14(9)17/h4-7,12,18H,3,8H2,1-2H3. The first kappa shape index (κ1) is 15.1. The maximum absolute atomic E-state index is 14.1. The molecule has 1 heterocycles. The van der Waals surface area contributed by atoms with Crippen LogP contribution in [-0.2, 0) is 13.5 Å². The molecule has 2 aromatic rings. The number of halogens is 3. The summed E-state index contributed by atoms with van der Waals surface area (Å²) in [6, 6.07) is 4.31. The number of hydrogen-bond donors (Lipinski definition) is 1. The minimum atomic E-state index is -0.546. The Balaban J connectivity index is 2.34. The number of hydrogen-bond acceptors (Lipinski definition) is 2. The van der Waals surface area contributed by atoms with Gasteiger partial charge < -0.3 is 5.32 Å². The molecular weight excluding hydrogens is 328 g/mol. The van der Waals surface area contributed by atoms with Crippen LogP contribution in [0.3, 0.4) is 0 Å². The van der Waals surface area contributed by atoms with Crippen molar-refractivity contribution < 1.29 is 8.78 Å². The Bertz CT molecular complexity index is 598. The number of nitrogens with one attached hydrogen (secondary N) is 1. The van der Waals surface area contributed by atoms with Crippen molar-refractivity contribution in [2.75, 3.05) is 6.54 Å². The molecule has 0 aliphatic heterocycles. The van der Waals surface area contributed by atoms with E-state index in [1.54, 1.807) is 10.9 Å². The summed E-state index contributed by atoms with van der Waals surface area (Å²) >= 11 is 3.09. The molecule has 0 amide bonds. The number of aryl methyl sites for hydroxylation is 1. The van der Waals surface area contributed by atoms with E-state index >= 15 is 0 Å². The molecule has 1 atom stereocenters. The fraction of sp³-hybridized carbons (Fsp3) is 0.357. The second-order valence-corrected chi connectivity index (χ2v) is 5.37. The smallest absolute Gasteiger partial charge is 0.143 e. The number of rotatable bonds is 5. The van der Waals surface area contributed by atoms with Crippen LogP contribution in [0.4, 0.5) is 8.78 Å². The summed E-state index contributed by atoms with van der Waals surface area (Å²) in [7, 11) is 1.81. The molecule has 1 N–H and O–H groups in total. The van der Waals surface area contributed by atoms with Crippen LogP contribution < -0.4 is 5.32 Å². The fourth-order valence-corrected chi connectivity index (χ4v) is 2.59. The summed E-state index contributed by atoms with van der Waals surface area (Å²) in [5.74, 6) is -1.08. The molecular formula is C14H16BrF2N3. The second kappa shape index (κ2) is 6.45. The summed E-state index contributed by atoms with van der Waals surface area (Å²) in [6.07, 6.45) is 1.90. The van der Waals surface area contributed by atoms with Crippen molar-refractivity contribution in [1.29, 1.82) is 0 Å². The molecule has 0 fully saturated rings. The zero-order valence-corrected chi connectivity index (χ0v) is 12.9. The Morgan fingerprint density at radius 2 is 2.10 bits per heavy atom. The zero-order chi connectivity index (χ0) is 14.7. The topological polar surface area (TPSA) is 29.9 Å². The van der Waals surface area contributed by atoms with Gasteiger partial charge in [-0.2, -0.15) is 5.10 Å². The molecule has 0 aliphatic carbocycles. The third kappa shape index (κ3) is 3.07.